The van der Waals surface area contributed by atoms with Crippen LogP contribution in [0.1, 0.15) is 16.9 Å². The second kappa shape index (κ2) is 3.57. The van der Waals surface area contributed by atoms with Crippen LogP contribution in [-0.2, 0) is 6.54 Å². The van der Waals surface area contributed by atoms with E-state index in [1.807, 2.05) is 19.9 Å². The van der Waals surface area contributed by atoms with E-state index in [9.17, 15) is 0 Å². The lowest BCUT2D eigenvalue weighted by Crippen LogP contribution is -2.00. The highest BCUT2D eigenvalue weighted by Gasteiger charge is 2.05. The van der Waals surface area contributed by atoms with Crippen LogP contribution in [0.4, 0.5) is 5.82 Å². The molecule has 0 aliphatic rings. The first kappa shape index (κ1) is 8.87. The molecule has 0 fully saturated rings. The molecule has 1 N–H and O–H groups in total. The maximum Gasteiger partial charge on any atom is 0.172 e. The highest BCUT2D eigenvalue weighted by atomic mass is 16.5. The van der Waals surface area contributed by atoms with E-state index in [0.29, 0.717) is 6.54 Å². The van der Waals surface area contributed by atoms with Gasteiger partial charge in [0.2, 0.25) is 0 Å². The van der Waals surface area contributed by atoms with Crippen LogP contribution in [0.15, 0.2) is 27.5 Å². The largest absolute Gasteiger partial charge is 0.467 e. The number of aromatic nitrogens is 1. The van der Waals surface area contributed by atoms with Crippen molar-refractivity contribution in [3.8, 4) is 0 Å². The molecule has 0 saturated heterocycles. The van der Waals surface area contributed by atoms with Crippen molar-refractivity contribution in [2.45, 2.75) is 20.4 Å². The van der Waals surface area contributed by atoms with E-state index < -0.39 is 0 Å². The number of nitrogens with one attached hydrogen (secondary N) is 1. The zero-order valence-corrected chi connectivity index (χ0v) is 8.20. The van der Waals surface area contributed by atoms with Gasteiger partial charge >= 0.3 is 0 Å². The molecular weight excluding hydrogens is 180 g/mol. The normalized spacial score (nSPS) is 10.4. The SMILES string of the molecule is Cc1conc1NCc1occc1C. The second-order valence-corrected chi connectivity index (χ2v) is 3.23. The van der Waals surface area contributed by atoms with E-state index in [-0.39, 0.29) is 0 Å². The summed E-state index contributed by atoms with van der Waals surface area (Å²) in [7, 11) is 0. The average Bonchev–Trinajstić information content (AvgIpc) is 2.72. The minimum absolute atomic E-state index is 0.631. The van der Waals surface area contributed by atoms with Crippen molar-refractivity contribution >= 4 is 5.82 Å². The number of nitrogens with zero attached hydrogens (tertiary/aromatic N) is 1. The molecule has 0 spiro atoms. The Morgan fingerprint density at radius 3 is 2.79 bits per heavy atom. The van der Waals surface area contributed by atoms with Crippen molar-refractivity contribution in [1.29, 1.82) is 0 Å². The van der Waals surface area contributed by atoms with Gasteiger partial charge in [0, 0.05) is 5.56 Å². The predicted octanol–water partition coefficient (Wildman–Crippen LogP) is 2.50. The molecule has 4 heteroatoms. The Morgan fingerprint density at radius 2 is 2.21 bits per heavy atom. The summed E-state index contributed by atoms with van der Waals surface area (Å²) in [6.07, 6.45) is 3.29. The van der Waals surface area contributed by atoms with Crippen molar-refractivity contribution in [2.75, 3.05) is 5.32 Å². The standard InChI is InChI=1S/C10H12N2O2/c1-7-3-4-13-9(7)5-11-10-8(2)6-14-12-10/h3-4,6H,5H2,1-2H3,(H,11,12). The van der Waals surface area contributed by atoms with Crippen LogP contribution < -0.4 is 5.32 Å². The quantitative estimate of drug-likeness (QED) is 0.811. The minimum Gasteiger partial charge on any atom is -0.467 e. The van der Waals surface area contributed by atoms with Crippen molar-refractivity contribution < 1.29 is 8.94 Å². The van der Waals surface area contributed by atoms with E-state index in [1.54, 1.807) is 12.5 Å². The molecule has 0 aliphatic heterocycles. The Bertz CT molecular complexity index is 377. The van der Waals surface area contributed by atoms with Crippen LogP contribution in [0.5, 0.6) is 0 Å². The Balaban J connectivity index is 2.02. The number of rotatable bonds is 3. The van der Waals surface area contributed by atoms with Crippen LogP contribution in [-0.4, -0.2) is 5.16 Å². The molecule has 0 radical (unpaired) electrons. The topological polar surface area (TPSA) is 51.2 Å². The fourth-order valence-corrected chi connectivity index (χ4v) is 1.21. The summed E-state index contributed by atoms with van der Waals surface area (Å²) >= 11 is 0. The molecule has 0 bridgehead atoms. The van der Waals surface area contributed by atoms with E-state index in [4.69, 9.17) is 8.94 Å². The van der Waals surface area contributed by atoms with E-state index in [2.05, 4.69) is 10.5 Å². The molecule has 0 amide bonds. The number of aryl methyl sites for hydroxylation is 2. The highest BCUT2D eigenvalue weighted by Crippen LogP contribution is 2.14. The fourth-order valence-electron chi connectivity index (χ4n) is 1.21. The van der Waals surface area contributed by atoms with Crippen LogP contribution in [0.25, 0.3) is 0 Å². The first-order valence-corrected chi connectivity index (χ1v) is 4.45. The zero-order chi connectivity index (χ0) is 9.97. The summed E-state index contributed by atoms with van der Waals surface area (Å²) < 4.78 is 10.1. The molecule has 2 aromatic rings. The van der Waals surface area contributed by atoms with Gasteiger partial charge in [0.1, 0.15) is 12.0 Å². The molecule has 74 valence electrons. The molecule has 0 atom stereocenters. The van der Waals surface area contributed by atoms with Crippen molar-refractivity contribution in [3.63, 3.8) is 0 Å². The van der Waals surface area contributed by atoms with Gasteiger partial charge in [-0.25, -0.2) is 0 Å². The van der Waals surface area contributed by atoms with E-state index in [1.165, 1.54) is 0 Å². The molecule has 0 unspecified atom stereocenters. The maximum atomic E-state index is 5.28. The van der Waals surface area contributed by atoms with Crippen molar-refractivity contribution in [2.24, 2.45) is 0 Å². The third-order valence-corrected chi connectivity index (χ3v) is 2.13. The Kier molecular flexibility index (Phi) is 2.26. The van der Waals surface area contributed by atoms with Gasteiger partial charge in [0.25, 0.3) is 0 Å². The minimum atomic E-state index is 0.631. The number of hydrogen-bond donors (Lipinski definition) is 1. The van der Waals surface area contributed by atoms with Crippen molar-refractivity contribution in [1.82, 2.24) is 5.16 Å². The lowest BCUT2D eigenvalue weighted by Gasteiger charge is -2.01. The molecule has 2 rings (SSSR count). The molecule has 4 nitrogen and oxygen atoms in total. The van der Waals surface area contributed by atoms with Crippen LogP contribution >= 0.6 is 0 Å². The number of anilines is 1. The van der Waals surface area contributed by atoms with Crippen LogP contribution in [0, 0.1) is 13.8 Å². The van der Waals surface area contributed by atoms with Crippen LogP contribution in [0.2, 0.25) is 0 Å². The average molecular weight is 192 g/mol. The lowest BCUT2D eigenvalue weighted by molar-refractivity contribution is 0.421. The Morgan fingerprint density at radius 1 is 1.36 bits per heavy atom. The van der Waals surface area contributed by atoms with Gasteiger partial charge in [-0.3, -0.25) is 0 Å². The third kappa shape index (κ3) is 1.64. The van der Waals surface area contributed by atoms with Gasteiger partial charge in [-0.1, -0.05) is 5.16 Å². The number of furan rings is 1. The van der Waals surface area contributed by atoms with E-state index >= 15 is 0 Å². The maximum absolute atomic E-state index is 5.28. The third-order valence-electron chi connectivity index (χ3n) is 2.13. The molecular formula is C10H12N2O2. The lowest BCUT2D eigenvalue weighted by atomic mass is 10.3. The highest BCUT2D eigenvalue weighted by molar-refractivity contribution is 5.40. The summed E-state index contributed by atoms with van der Waals surface area (Å²) in [5.74, 6) is 1.69. The summed E-state index contributed by atoms with van der Waals surface area (Å²) in [6, 6.07) is 1.94. The van der Waals surface area contributed by atoms with Crippen molar-refractivity contribution in [3.05, 3.63) is 35.5 Å². The van der Waals surface area contributed by atoms with Crippen LogP contribution in [0.3, 0.4) is 0 Å². The van der Waals surface area contributed by atoms with Gasteiger partial charge in [0.15, 0.2) is 5.82 Å². The first-order valence-electron chi connectivity index (χ1n) is 4.45. The number of hydrogen-bond acceptors (Lipinski definition) is 4. The molecule has 2 aromatic heterocycles. The Labute approximate surface area is 81.9 Å². The van der Waals surface area contributed by atoms with Gasteiger partial charge in [-0.15, -0.1) is 0 Å². The molecule has 0 saturated carbocycles. The second-order valence-electron chi connectivity index (χ2n) is 3.23. The van der Waals surface area contributed by atoms with E-state index in [0.717, 1.165) is 22.7 Å². The fraction of sp³-hybridized carbons (Fsp3) is 0.300. The molecule has 2 heterocycles. The Hall–Kier alpha value is -1.71. The van der Waals surface area contributed by atoms with Gasteiger partial charge < -0.3 is 14.3 Å². The summed E-state index contributed by atoms with van der Waals surface area (Å²) in [5.41, 5.74) is 2.13. The summed E-state index contributed by atoms with van der Waals surface area (Å²) in [5, 5.41) is 6.95. The molecule has 0 aromatic carbocycles. The predicted molar refractivity (Wildman–Crippen MR) is 52.0 cm³/mol. The smallest absolute Gasteiger partial charge is 0.172 e. The van der Waals surface area contributed by atoms with Gasteiger partial charge in [-0.05, 0) is 25.5 Å². The first-order chi connectivity index (χ1) is 6.77. The summed E-state index contributed by atoms with van der Waals surface area (Å²) in [4.78, 5) is 0. The zero-order valence-electron chi connectivity index (χ0n) is 8.20. The van der Waals surface area contributed by atoms with Gasteiger partial charge in [0.05, 0.1) is 12.8 Å². The molecule has 0 aliphatic carbocycles. The van der Waals surface area contributed by atoms with Gasteiger partial charge in [-0.2, -0.15) is 0 Å². The molecule has 14 heavy (non-hydrogen) atoms. The monoisotopic (exact) mass is 192 g/mol. The summed E-state index contributed by atoms with van der Waals surface area (Å²) in [6.45, 7) is 4.58.